The normalized spacial score (nSPS) is 14.3. The fourth-order valence-corrected chi connectivity index (χ4v) is 2.26. The highest BCUT2D eigenvalue weighted by Crippen LogP contribution is 2.27. The van der Waals surface area contributed by atoms with E-state index in [1.165, 1.54) is 24.1 Å². The lowest BCUT2D eigenvalue weighted by Crippen LogP contribution is -2.34. The van der Waals surface area contributed by atoms with Crippen LogP contribution in [-0.2, 0) is 0 Å². The van der Waals surface area contributed by atoms with Crippen LogP contribution in [0.4, 0.5) is 5.69 Å². The lowest BCUT2D eigenvalue weighted by atomic mass is 10.0. The van der Waals surface area contributed by atoms with E-state index in [2.05, 4.69) is 56.9 Å². The maximum Gasteiger partial charge on any atom is 0.0416 e. The number of unbranched alkanes of at least 4 members (excludes halogenated alkanes) is 1. The van der Waals surface area contributed by atoms with Crippen molar-refractivity contribution in [3.8, 4) is 0 Å². The highest BCUT2D eigenvalue weighted by molar-refractivity contribution is 5.55. The number of hydrogen-bond donors (Lipinski definition) is 1. The van der Waals surface area contributed by atoms with Crippen molar-refractivity contribution in [2.24, 2.45) is 5.73 Å². The molecule has 2 N–H and O–H groups in total. The molecule has 102 valence electrons. The Morgan fingerprint density at radius 2 is 1.83 bits per heavy atom. The number of hydrogen-bond acceptors (Lipinski definition) is 2. The minimum Gasteiger partial charge on any atom is -0.369 e. The van der Waals surface area contributed by atoms with E-state index in [0.717, 1.165) is 13.0 Å². The maximum atomic E-state index is 6.10. The van der Waals surface area contributed by atoms with Gasteiger partial charge in [-0.05, 0) is 38.3 Å². The molecule has 0 aliphatic carbocycles. The van der Waals surface area contributed by atoms with Gasteiger partial charge in [-0.25, -0.2) is 0 Å². The first-order valence-corrected chi connectivity index (χ1v) is 7.22. The number of rotatable bonds is 7. The molecule has 18 heavy (non-hydrogen) atoms. The molecule has 1 rings (SSSR count). The first-order chi connectivity index (χ1) is 8.61. The van der Waals surface area contributed by atoms with Crippen molar-refractivity contribution < 1.29 is 0 Å². The number of benzene rings is 1. The molecule has 1 aromatic rings. The molecule has 0 bridgehead atoms. The molecule has 1 aromatic carbocycles. The summed E-state index contributed by atoms with van der Waals surface area (Å²) in [6.07, 6.45) is 3.63. The van der Waals surface area contributed by atoms with E-state index in [-0.39, 0.29) is 6.04 Å². The second-order valence-corrected chi connectivity index (χ2v) is 5.15. The van der Waals surface area contributed by atoms with Crippen molar-refractivity contribution in [1.29, 1.82) is 0 Å². The van der Waals surface area contributed by atoms with Gasteiger partial charge in [0.1, 0.15) is 0 Å². The van der Waals surface area contributed by atoms with E-state index in [0.29, 0.717) is 6.04 Å². The van der Waals surface area contributed by atoms with Gasteiger partial charge in [-0.1, -0.05) is 38.5 Å². The van der Waals surface area contributed by atoms with E-state index in [9.17, 15) is 0 Å². The van der Waals surface area contributed by atoms with E-state index >= 15 is 0 Å². The first-order valence-electron chi connectivity index (χ1n) is 7.22. The maximum absolute atomic E-state index is 6.10. The van der Waals surface area contributed by atoms with Crippen LogP contribution >= 0.6 is 0 Å². The molecule has 0 fully saturated rings. The van der Waals surface area contributed by atoms with Gasteiger partial charge in [0.25, 0.3) is 0 Å². The summed E-state index contributed by atoms with van der Waals surface area (Å²) >= 11 is 0. The Morgan fingerprint density at radius 1 is 1.17 bits per heavy atom. The van der Waals surface area contributed by atoms with E-state index in [4.69, 9.17) is 5.73 Å². The molecule has 0 saturated heterocycles. The van der Waals surface area contributed by atoms with Crippen LogP contribution in [0.15, 0.2) is 24.3 Å². The largest absolute Gasteiger partial charge is 0.369 e. The van der Waals surface area contributed by atoms with Crippen LogP contribution in [0.3, 0.4) is 0 Å². The van der Waals surface area contributed by atoms with Gasteiger partial charge in [-0.3, -0.25) is 0 Å². The Balaban J connectivity index is 3.03. The van der Waals surface area contributed by atoms with Crippen LogP contribution in [0.1, 0.15) is 58.6 Å². The fraction of sp³-hybridized carbons (Fsp3) is 0.625. The summed E-state index contributed by atoms with van der Waals surface area (Å²) in [5.74, 6) is 0. The van der Waals surface area contributed by atoms with Gasteiger partial charge in [0, 0.05) is 24.3 Å². The molecule has 0 heterocycles. The molecule has 0 aliphatic heterocycles. The zero-order valence-electron chi connectivity index (χ0n) is 12.3. The third-order valence-corrected chi connectivity index (χ3v) is 3.61. The molecule has 0 spiro atoms. The average Bonchev–Trinajstić information content (AvgIpc) is 2.39. The monoisotopic (exact) mass is 248 g/mol. The SMILES string of the molecule is CCCCN(c1ccccc1C(C)N)C(C)CC. The van der Waals surface area contributed by atoms with Crippen molar-refractivity contribution in [3.63, 3.8) is 0 Å². The Labute approximate surface area is 112 Å². The summed E-state index contributed by atoms with van der Waals surface area (Å²) in [5.41, 5.74) is 8.67. The number of nitrogens with zero attached hydrogens (tertiary/aromatic N) is 1. The Kier molecular flexibility index (Phi) is 6.20. The van der Waals surface area contributed by atoms with Gasteiger partial charge in [0.2, 0.25) is 0 Å². The molecule has 0 aromatic heterocycles. The molecule has 0 radical (unpaired) electrons. The minimum absolute atomic E-state index is 0.0920. The van der Waals surface area contributed by atoms with Crippen LogP contribution in [0.2, 0.25) is 0 Å². The molecular formula is C16H28N2. The number of anilines is 1. The average molecular weight is 248 g/mol. The minimum atomic E-state index is 0.0920. The molecule has 2 heteroatoms. The quantitative estimate of drug-likeness (QED) is 0.786. The second kappa shape index (κ2) is 7.42. The molecule has 2 nitrogen and oxygen atoms in total. The van der Waals surface area contributed by atoms with E-state index < -0.39 is 0 Å². The van der Waals surface area contributed by atoms with E-state index in [1.54, 1.807) is 0 Å². The molecule has 2 atom stereocenters. The van der Waals surface area contributed by atoms with Gasteiger partial charge in [0.05, 0.1) is 0 Å². The van der Waals surface area contributed by atoms with Crippen molar-refractivity contribution in [2.45, 2.75) is 59.0 Å². The summed E-state index contributed by atoms with van der Waals surface area (Å²) in [5, 5.41) is 0. The Morgan fingerprint density at radius 3 is 2.39 bits per heavy atom. The van der Waals surface area contributed by atoms with Gasteiger partial charge < -0.3 is 10.6 Å². The van der Waals surface area contributed by atoms with Gasteiger partial charge in [-0.15, -0.1) is 0 Å². The zero-order chi connectivity index (χ0) is 13.5. The summed E-state index contributed by atoms with van der Waals surface area (Å²) in [4.78, 5) is 2.52. The summed E-state index contributed by atoms with van der Waals surface area (Å²) in [6.45, 7) is 9.97. The van der Waals surface area contributed by atoms with Crippen molar-refractivity contribution in [1.82, 2.24) is 0 Å². The highest BCUT2D eigenvalue weighted by atomic mass is 15.2. The second-order valence-electron chi connectivity index (χ2n) is 5.15. The van der Waals surface area contributed by atoms with Crippen LogP contribution in [0.5, 0.6) is 0 Å². The zero-order valence-corrected chi connectivity index (χ0v) is 12.3. The molecule has 2 unspecified atom stereocenters. The predicted molar refractivity (Wildman–Crippen MR) is 81.1 cm³/mol. The van der Waals surface area contributed by atoms with Gasteiger partial charge in [0.15, 0.2) is 0 Å². The fourth-order valence-electron chi connectivity index (χ4n) is 2.26. The van der Waals surface area contributed by atoms with Crippen LogP contribution in [-0.4, -0.2) is 12.6 Å². The van der Waals surface area contributed by atoms with Crippen LogP contribution in [0, 0.1) is 0 Å². The first kappa shape index (κ1) is 15.0. The summed E-state index contributed by atoms with van der Waals surface area (Å²) in [6, 6.07) is 9.21. The number of nitrogens with two attached hydrogens (primary N) is 1. The van der Waals surface area contributed by atoms with Gasteiger partial charge >= 0.3 is 0 Å². The van der Waals surface area contributed by atoms with Crippen molar-refractivity contribution in [3.05, 3.63) is 29.8 Å². The standard InChI is InChI=1S/C16H28N2/c1-5-7-12-18(13(3)6-2)16-11-9-8-10-15(16)14(4)17/h8-11,13-14H,5-7,12,17H2,1-4H3. The third-order valence-electron chi connectivity index (χ3n) is 3.61. The lowest BCUT2D eigenvalue weighted by Gasteiger charge is -2.33. The summed E-state index contributed by atoms with van der Waals surface area (Å²) < 4.78 is 0. The molecule has 0 amide bonds. The predicted octanol–water partition coefficient (Wildman–Crippen LogP) is 4.11. The lowest BCUT2D eigenvalue weighted by molar-refractivity contribution is 0.591. The van der Waals surface area contributed by atoms with E-state index in [1.807, 2.05) is 0 Å². The van der Waals surface area contributed by atoms with Crippen LogP contribution < -0.4 is 10.6 Å². The molecule has 0 aliphatic rings. The van der Waals surface area contributed by atoms with Crippen molar-refractivity contribution in [2.75, 3.05) is 11.4 Å². The Bertz CT molecular complexity index is 347. The third kappa shape index (κ3) is 3.74. The Hall–Kier alpha value is -1.02. The van der Waals surface area contributed by atoms with Crippen LogP contribution in [0.25, 0.3) is 0 Å². The van der Waals surface area contributed by atoms with Crippen molar-refractivity contribution >= 4 is 5.69 Å². The molecule has 0 saturated carbocycles. The highest BCUT2D eigenvalue weighted by Gasteiger charge is 2.16. The smallest absolute Gasteiger partial charge is 0.0416 e. The number of para-hydroxylation sites is 1. The summed E-state index contributed by atoms with van der Waals surface area (Å²) in [7, 11) is 0. The molecular weight excluding hydrogens is 220 g/mol. The van der Waals surface area contributed by atoms with Gasteiger partial charge in [-0.2, -0.15) is 0 Å². The topological polar surface area (TPSA) is 29.3 Å².